The minimum absolute atomic E-state index is 0.00147. The lowest BCUT2D eigenvalue weighted by atomic mass is 9.45. The van der Waals surface area contributed by atoms with Crippen molar-refractivity contribution < 1.29 is 8.83 Å². The Kier molecular flexibility index (Phi) is 9.80. The highest BCUT2D eigenvalue weighted by Gasteiger charge is 2.50. The van der Waals surface area contributed by atoms with Crippen LogP contribution in [0.3, 0.4) is 0 Å². The molecule has 0 unspecified atom stereocenters. The Morgan fingerprint density at radius 1 is 0.459 bits per heavy atom. The molecule has 0 fully saturated rings. The van der Waals surface area contributed by atoms with Crippen molar-refractivity contribution in [2.75, 3.05) is 9.71 Å². The van der Waals surface area contributed by atoms with Gasteiger partial charge in [0.15, 0.2) is 0 Å². The van der Waals surface area contributed by atoms with Crippen molar-refractivity contribution in [1.82, 2.24) is 0 Å². The maximum atomic E-state index is 7.76. The molecule has 13 rings (SSSR count). The fourth-order valence-electron chi connectivity index (χ4n) is 13.7. The van der Waals surface area contributed by atoms with E-state index in [1.54, 1.807) is 0 Å². The van der Waals surface area contributed by atoms with Crippen molar-refractivity contribution in [2.24, 2.45) is 0 Å². The smallest absolute Gasteiger partial charge is 0.375 e. The van der Waals surface area contributed by atoms with E-state index in [0.29, 0.717) is 0 Å². The molecule has 374 valence electrons. The number of fused-ring (bicyclic) bond motifs is 11. The van der Waals surface area contributed by atoms with Crippen molar-refractivity contribution in [3.63, 3.8) is 0 Å². The van der Waals surface area contributed by atoms with Gasteiger partial charge in [0.2, 0.25) is 0 Å². The Balaban J connectivity index is 1.17. The maximum absolute atomic E-state index is 7.76. The zero-order valence-corrected chi connectivity index (χ0v) is 46.7. The van der Waals surface area contributed by atoms with Crippen LogP contribution in [-0.2, 0) is 32.5 Å². The second kappa shape index (κ2) is 15.3. The van der Waals surface area contributed by atoms with Gasteiger partial charge in [0.1, 0.15) is 22.4 Å². The molecule has 4 nitrogen and oxygen atoms in total. The average Bonchev–Trinajstić information content (AvgIpc) is 3.91. The van der Waals surface area contributed by atoms with Crippen molar-refractivity contribution >= 4 is 79.3 Å². The molecular weight excluding hydrogens is 900 g/mol. The highest BCUT2D eigenvalue weighted by molar-refractivity contribution is 6.93. The number of anilines is 5. The summed E-state index contributed by atoms with van der Waals surface area (Å²) in [5, 5.41) is 3.50. The molecular formula is C69H73BN2O2. The van der Waals surface area contributed by atoms with Gasteiger partial charge in [0.25, 0.3) is 0 Å². The van der Waals surface area contributed by atoms with Crippen LogP contribution in [0.2, 0.25) is 0 Å². The van der Waals surface area contributed by atoms with E-state index in [0.717, 1.165) is 81.6 Å². The van der Waals surface area contributed by atoms with E-state index in [-0.39, 0.29) is 39.3 Å². The molecule has 2 aliphatic carbocycles. The van der Waals surface area contributed by atoms with Crippen molar-refractivity contribution in [2.45, 2.75) is 162 Å². The second-order valence-corrected chi connectivity index (χ2v) is 27.6. The first-order chi connectivity index (χ1) is 34.8. The molecule has 0 atom stereocenters. The van der Waals surface area contributed by atoms with E-state index in [4.69, 9.17) is 8.83 Å². The van der Waals surface area contributed by atoms with Crippen LogP contribution in [0.1, 0.15) is 162 Å². The number of benzene rings is 7. The molecule has 2 aliphatic heterocycles. The molecule has 9 aromatic rings. The Morgan fingerprint density at radius 3 is 1.58 bits per heavy atom. The summed E-state index contributed by atoms with van der Waals surface area (Å²) in [6.45, 7) is 35.3. The van der Waals surface area contributed by atoms with Crippen LogP contribution in [0, 0.1) is 6.92 Å². The minimum atomic E-state index is -0.289. The molecule has 2 aromatic heterocycles. The lowest BCUT2D eigenvalue weighted by Crippen LogP contribution is -2.61. The first-order valence-corrected chi connectivity index (χ1v) is 27.5. The molecule has 0 amide bonds. The molecule has 4 heterocycles. The summed E-state index contributed by atoms with van der Waals surface area (Å²) in [5.74, 6) is 0. The predicted molar refractivity (Wildman–Crippen MR) is 315 cm³/mol. The van der Waals surface area contributed by atoms with Gasteiger partial charge in [-0.25, -0.2) is 0 Å². The zero-order chi connectivity index (χ0) is 52.0. The minimum Gasteiger partial charge on any atom is -0.466 e. The van der Waals surface area contributed by atoms with Gasteiger partial charge >= 0.3 is 6.85 Å². The number of rotatable bonds is 3. The molecule has 5 heteroatoms. The fourth-order valence-corrected chi connectivity index (χ4v) is 13.7. The lowest BCUT2D eigenvalue weighted by Gasteiger charge is -2.44. The Bertz CT molecular complexity index is 3830. The fraction of sp³-hybridized carbons (Fsp3) is 0.362. The maximum Gasteiger partial charge on any atom is 0.375 e. The number of hydrogen-bond donors (Lipinski definition) is 0. The summed E-state index contributed by atoms with van der Waals surface area (Å²) in [5.41, 5.74) is 25.2. The van der Waals surface area contributed by atoms with Crippen molar-refractivity contribution in [3.8, 4) is 22.3 Å². The van der Waals surface area contributed by atoms with Crippen LogP contribution in [0.5, 0.6) is 0 Å². The molecule has 0 N–H and O–H groups in total. The van der Waals surface area contributed by atoms with E-state index in [1.165, 1.54) is 77.7 Å². The third kappa shape index (κ3) is 6.93. The molecule has 0 saturated carbocycles. The number of furan rings is 2. The van der Waals surface area contributed by atoms with E-state index in [1.807, 2.05) is 0 Å². The van der Waals surface area contributed by atoms with Crippen LogP contribution in [-0.4, -0.2) is 6.85 Å². The number of hydrogen-bond acceptors (Lipinski definition) is 4. The Labute approximate surface area is 440 Å². The average molecular weight is 973 g/mol. The standard InChI is InChI=1S/C69H73BN2O2/c1-40-31-49-46-37-58-48(47-34-51-53(38-59(47)73-58)68(12,13)29-27-66(51,8)9)36-56(46)72(44-24-21-42(22-25-44)64(2,3)4)70-61(49)57(32-40)71(55-26-23-43(65(5,6)7)33-45(55)41-19-17-16-18-20-41)62-50-35-52-54(39-60(50)74-63(62)70)69(14,15)30-28-67(52,10)11/h16-26,31-39H,27-30H2,1-15H3. The molecule has 0 spiro atoms. The van der Waals surface area contributed by atoms with E-state index < -0.39 is 0 Å². The quantitative estimate of drug-likeness (QED) is 0.165. The van der Waals surface area contributed by atoms with Crippen LogP contribution in [0.25, 0.3) is 55.2 Å². The molecule has 0 saturated heterocycles. The third-order valence-corrected chi connectivity index (χ3v) is 18.5. The van der Waals surface area contributed by atoms with Gasteiger partial charge < -0.3 is 18.5 Å². The number of aryl methyl sites for hydroxylation is 1. The van der Waals surface area contributed by atoms with Gasteiger partial charge in [-0.3, -0.25) is 0 Å². The molecule has 0 bridgehead atoms. The summed E-state index contributed by atoms with van der Waals surface area (Å²) in [6, 6.07) is 47.2. The molecule has 7 aromatic carbocycles. The molecule has 4 aliphatic rings. The Hall–Kier alpha value is -6.46. The highest BCUT2D eigenvalue weighted by atomic mass is 16.3. The third-order valence-electron chi connectivity index (χ3n) is 18.5. The predicted octanol–water partition coefficient (Wildman–Crippen LogP) is 18.3. The first kappa shape index (κ1) is 47.3. The highest BCUT2D eigenvalue weighted by Crippen LogP contribution is 2.56. The largest absolute Gasteiger partial charge is 0.466 e. The van der Waals surface area contributed by atoms with Gasteiger partial charge in [0, 0.05) is 44.3 Å². The summed E-state index contributed by atoms with van der Waals surface area (Å²) in [6.07, 6.45) is 4.58. The second-order valence-electron chi connectivity index (χ2n) is 27.6. The van der Waals surface area contributed by atoms with Crippen LogP contribution < -0.4 is 20.8 Å². The van der Waals surface area contributed by atoms with Gasteiger partial charge in [-0.1, -0.05) is 152 Å². The van der Waals surface area contributed by atoms with E-state index in [9.17, 15) is 0 Å². The van der Waals surface area contributed by atoms with Crippen molar-refractivity contribution in [1.29, 1.82) is 0 Å². The van der Waals surface area contributed by atoms with Crippen LogP contribution >= 0.6 is 0 Å². The van der Waals surface area contributed by atoms with Gasteiger partial charge in [-0.2, -0.15) is 0 Å². The normalized spacial score (nSPS) is 18.1. The monoisotopic (exact) mass is 973 g/mol. The topological polar surface area (TPSA) is 32.8 Å². The van der Waals surface area contributed by atoms with Crippen LogP contribution in [0.15, 0.2) is 130 Å². The van der Waals surface area contributed by atoms with Crippen LogP contribution in [0.4, 0.5) is 28.4 Å². The Morgan fingerprint density at radius 2 is 0.986 bits per heavy atom. The summed E-state index contributed by atoms with van der Waals surface area (Å²) in [7, 11) is 0. The van der Waals surface area contributed by atoms with Gasteiger partial charge in [0.05, 0.1) is 11.4 Å². The number of nitrogens with zero attached hydrogens (tertiary/aromatic N) is 2. The van der Waals surface area contributed by atoms with Gasteiger partial charge in [-0.15, -0.1) is 0 Å². The first-order valence-electron chi connectivity index (χ1n) is 27.5. The van der Waals surface area contributed by atoms with E-state index >= 15 is 0 Å². The summed E-state index contributed by atoms with van der Waals surface area (Å²) in [4.78, 5) is 5.23. The molecule has 0 radical (unpaired) electrons. The lowest BCUT2D eigenvalue weighted by molar-refractivity contribution is 0.332. The zero-order valence-electron chi connectivity index (χ0n) is 46.7. The van der Waals surface area contributed by atoms with E-state index in [2.05, 4.69) is 235 Å². The SMILES string of the molecule is Cc1cc2c3c(c1)N(c1ccc(C(C)(C)C)cc1-c1ccccc1)c1c(oc4cc5c(cc14)C(C)(C)CCC5(C)C)B3N(c1ccc(C(C)(C)C)cc1)c1cc3c(cc1-2)oc1cc2c(cc13)C(C)(C)CCC2(C)C. The molecule has 74 heavy (non-hydrogen) atoms. The van der Waals surface area contributed by atoms with Gasteiger partial charge in [-0.05, 0) is 187 Å². The van der Waals surface area contributed by atoms with Crippen molar-refractivity contribution in [3.05, 3.63) is 160 Å². The summed E-state index contributed by atoms with van der Waals surface area (Å²) < 4.78 is 14.9. The summed E-state index contributed by atoms with van der Waals surface area (Å²) >= 11 is 0.